The van der Waals surface area contributed by atoms with E-state index in [0.717, 1.165) is 32.5 Å². The molecule has 148 valence electrons. The van der Waals surface area contributed by atoms with Crippen LogP contribution in [0, 0.1) is 13.8 Å². The Kier molecular flexibility index (Phi) is 7.44. The van der Waals surface area contributed by atoms with Gasteiger partial charge in [0, 0.05) is 40.8 Å². The Balaban J connectivity index is 1.80. The van der Waals surface area contributed by atoms with Crippen molar-refractivity contribution in [3.8, 4) is 0 Å². The van der Waals surface area contributed by atoms with Crippen LogP contribution in [-0.2, 0) is 0 Å². The Hall–Kier alpha value is -2.78. The molecule has 27 heavy (non-hydrogen) atoms. The minimum Gasteiger partial charge on any atom is -0.354 e. The van der Waals surface area contributed by atoms with Crippen LogP contribution in [0.15, 0.2) is 0 Å². The second kappa shape index (κ2) is 9.79. The van der Waals surface area contributed by atoms with Gasteiger partial charge in [-0.3, -0.25) is 0 Å². The number of hydrogen-bond donors (Lipinski definition) is 2. The molecule has 0 saturated heterocycles. The van der Waals surface area contributed by atoms with Gasteiger partial charge in [-0.05, 0) is 33.6 Å². The van der Waals surface area contributed by atoms with Crippen LogP contribution >= 0.6 is 0 Å². The summed E-state index contributed by atoms with van der Waals surface area (Å²) in [6, 6.07) is 0. The predicted molar refractivity (Wildman–Crippen MR) is 109 cm³/mol. The first-order valence-corrected chi connectivity index (χ1v) is 9.20. The summed E-state index contributed by atoms with van der Waals surface area (Å²) in [6.45, 7) is 8.20. The normalized spacial score (nSPS) is 10.6. The van der Waals surface area contributed by atoms with Gasteiger partial charge >= 0.3 is 0 Å². The highest BCUT2D eigenvalue weighted by Crippen LogP contribution is 2.11. The first kappa shape index (κ1) is 20.5. The smallest absolute Gasteiger partial charge is 0.230 e. The molecule has 0 aromatic carbocycles. The van der Waals surface area contributed by atoms with E-state index < -0.39 is 0 Å². The third-order valence-electron chi connectivity index (χ3n) is 3.75. The molecule has 0 fully saturated rings. The van der Waals surface area contributed by atoms with Gasteiger partial charge in [0.2, 0.25) is 23.8 Å². The zero-order valence-corrected chi connectivity index (χ0v) is 17.1. The summed E-state index contributed by atoms with van der Waals surface area (Å²) >= 11 is 0. The molecule has 0 radical (unpaired) electrons. The van der Waals surface area contributed by atoms with Crippen molar-refractivity contribution < 1.29 is 0 Å². The molecule has 0 aliphatic carbocycles. The number of hydrogen-bond acceptors (Lipinski definition) is 10. The Morgan fingerprint density at radius 1 is 0.741 bits per heavy atom. The topological polar surface area (TPSA) is 108 Å². The number of anilines is 4. The van der Waals surface area contributed by atoms with Crippen LogP contribution in [0.25, 0.3) is 0 Å². The summed E-state index contributed by atoms with van der Waals surface area (Å²) in [5, 5.41) is 6.40. The van der Waals surface area contributed by atoms with Crippen LogP contribution in [-0.4, -0.2) is 70.7 Å². The fraction of sp³-hybridized carbons (Fsp3) is 0.647. The summed E-state index contributed by atoms with van der Waals surface area (Å²) in [5.74, 6) is 4.00. The van der Waals surface area contributed by atoms with Gasteiger partial charge in [-0.2, -0.15) is 29.9 Å². The Morgan fingerprint density at radius 2 is 1.33 bits per heavy atom. The molecule has 2 heterocycles. The molecule has 0 aliphatic rings. The standard InChI is InChI=1S/C17H30N10/c1-7-18-14-20-13(3)23-17(25-14)27(6)11-9-8-10-19-15-21-12(2)22-16(24-15)26(4)5/h7-11H2,1-6H3,(H,18,20,23,25)(H,19,21,22,24). The summed E-state index contributed by atoms with van der Waals surface area (Å²) in [7, 11) is 5.83. The van der Waals surface area contributed by atoms with Crippen molar-refractivity contribution in [2.24, 2.45) is 0 Å². The van der Waals surface area contributed by atoms with E-state index in [2.05, 4.69) is 40.5 Å². The third kappa shape index (κ3) is 6.46. The lowest BCUT2D eigenvalue weighted by Gasteiger charge is -2.18. The SMILES string of the molecule is CCNc1nc(C)nc(N(C)CCCCNc2nc(C)nc(N(C)C)n2)n1. The molecule has 0 spiro atoms. The second-order valence-corrected chi connectivity index (χ2v) is 6.49. The zero-order valence-electron chi connectivity index (χ0n) is 17.1. The molecule has 0 atom stereocenters. The minimum absolute atomic E-state index is 0.614. The lowest BCUT2D eigenvalue weighted by atomic mass is 10.3. The first-order chi connectivity index (χ1) is 12.9. The van der Waals surface area contributed by atoms with E-state index in [-0.39, 0.29) is 0 Å². The van der Waals surface area contributed by atoms with Crippen molar-refractivity contribution in [2.75, 3.05) is 61.2 Å². The number of nitrogens with zero attached hydrogens (tertiary/aromatic N) is 8. The quantitative estimate of drug-likeness (QED) is 0.594. The van der Waals surface area contributed by atoms with Gasteiger partial charge in [0.25, 0.3) is 0 Å². The molecule has 0 amide bonds. The van der Waals surface area contributed by atoms with Crippen molar-refractivity contribution >= 4 is 23.8 Å². The molecule has 0 unspecified atom stereocenters. The van der Waals surface area contributed by atoms with E-state index >= 15 is 0 Å². The molecule has 2 rings (SSSR count). The summed E-state index contributed by atoms with van der Waals surface area (Å²) in [4.78, 5) is 30.1. The van der Waals surface area contributed by atoms with Gasteiger partial charge < -0.3 is 20.4 Å². The fourth-order valence-corrected chi connectivity index (χ4v) is 2.40. The van der Waals surface area contributed by atoms with Crippen molar-refractivity contribution in [1.82, 2.24) is 29.9 Å². The Bertz CT molecular complexity index is 734. The van der Waals surface area contributed by atoms with Gasteiger partial charge in [0.1, 0.15) is 11.6 Å². The van der Waals surface area contributed by atoms with Crippen LogP contribution in [0.2, 0.25) is 0 Å². The van der Waals surface area contributed by atoms with Gasteiger partial charge in [0.05, 0.1) is 0 Å². The monoisotopic (exact) mass is 374 g/mol. The number of unbranched alkanes of at least 4 members (excludes halogenated alkanes) is 1. The van der Waals surface area contributed by atoms with E-state index in [1.165, 1.54) is 0 Å². The highest BCUT2D eigenvalue weighted by molar-refractivity contribution is 5.36. The maximum Gasteiger partial charge on any atom is 0.230 e. The minimum atomic E-state index is 0.614. The van der Waals surface area contributed by atoms with Crippen LogP contribution in [0.1, 0.15) is 31.4 Å². The van der Waals surface area contributed by atoms with Crippen molar-refractivity contribution in [1.29, 1.82) is 0 Å². The zero-order chi connectivity index (χ0) is 19.8. The summed E-state index contributed by atoms with van der Waals surface area (Å²) in [5.41, 5.74) is 0. The predicted octanol–water partition coefficient (Wildman–Crippen LogP) is 1.50. The molecule has 2 aromatic rings. The molecule has 0 bridgehead atoms. The third-order valence-corrected chi connectivity index (χ3v) is 3.75. The van der Waals surface area contributed by atoms with E-state index in [9.17, 15) is 0 Å². The van der Waals surface area contributed by atoms with Gasteiger partial charge in [-0.25, -0.2) is 0 Å². The highest BCUT2D eigenvalue weighted by Gasteiger charge is 2.08. The van der Waals surface area contributed by atoms with Gasteiger partial charge in [0.15, 0.2) is 0 Å². The average Bonchev–Trinajstić information content (AvgIpc) is 2.60. The molecule has 0 aliphatic heterocycles. The van der Waals surface area contributed by atoms with Crippen molar-refractivity contribution in [3.63, 3.8) is 0 Å². The average molecular weight is 374 g/mol. The molecule has 2 aromatic heterocycles. The number of nitrogens with one attached hydrogen (secondary N) is 2. The number of rotatable bonds is 10. The molecule has 0 saturated carbocycles. The Labute approximate surface area is 160 Å². The maximum atomic E-state index is 4.45. The first-order valence-electron chi connectivity index (χ1n) is 9.20. The summed E-state index contributed by atoms with van der Waals surface area (Å²) < 4.78 is 0. The highest BCUT2D eigenvalue weighted by atomic mass is 15.3. The van der Waals surface area contributed by atoms with Crippen molar-refractivity contribution in [3.05, 3.63) is 11.6 Å². The van der Waals surface area contributed by atoms with Crippen LogP contribution < -0.4 is 20.4 Å². The molecule has 10 nitrogen and oxygen atoms in total. The van der Waals surface area contributed by atoms with Crippen LogP contribution in [0.5, 0.6) is 0 Å². The van der Waals surface area contributed by atoms with E-state index in [4.69, 9.17) is 0 Å². The van der Waals surface area contributed by atoms with E-state index in [0.29, 0.717) is 35.4 Å². The molecule has 2 N–H and O–H groups in total. The molecular formula is C17H30N10. The molecule has 10 heteroatoms. The molecular weight excluding hydrogens is 344 g/mol. The van der Waals surface area contributed by atoms with Crippen LogP contribution in [0.3, 0.4) is 0 Å². The Morgan fingerprint density at radius 3 is 1.96 bits per heavy atom. The van der Waals surface area contributed by atoms with E-state index in [1.807, 2.05) is 51.7 Å². The lowest BCUT2D eigenvalue weighted by molar-refractivity contribution is 0.722. The van der Waals surface area contributed by atoms with Crippen molar-refractivity contribution in [2.45, 2.75) is 33.6 Å². The maximum absolute atomic E-state index is 4.45. The lowest BCUT2D eigenvalue weighted by Crippen LogP contribution is -2.23. The largest absolute Gasteiger partial charge is 0.354 e. The summed E-state index contributed by atoms with van der Waals surface area (Å²) in [6.07, 6.45) is 1.98. The number of aromatic nitrogens is 6. The number of aryl methyl sites for hydroxylation is 2. The second-order valence-electron chi connectivity index (χ2n) is 6.49. The fourth-order valence-electron chi connectivity index (χ4n) is 2.40. The van der Waals surface area contributed by atoms with Crippen LogP contribution in [0.4, 0.5) is 23.8 Å². The van der Waals surface area contributed by atoms with Gasteiger partial charge in [-0.15, -0.1) is 0 Å². The van der Waals surface area contributed by atoms with E-state index in [1.54, 1.807) is 0 Å². The van der Waals surface area contributed by atoms with Gasteiger partial charge in [-0.1, -0.05) is 0 Å².